The van der Waals surface area contributed by atoms with E-state index in [4.69, 9.17) is 0 Å². The van der Waals surface area contributed by atoms with E-state index < -0.39 is 24.6 Å². The first kappa shape index (κ1) is 15.9. The van der Waals surface area contributed by atoms with E-state index >= 15 is 0 Å². The molecule has 3 N–H and O–H groups in total. The second-order valence-corrected chi connectivity index (χ2v) is 2.18. The lowest BCUT2D eigenvalue weighted by Gasteiger charge is -2.17. The number of hydrogen-bond donors (Lipinski definition) is 2. The van der Waals surface area contributed by atoms with Crippen molar-refractivity contribution < 1.29 is 22.7 Å². The minimum atomic E-state index is -3.07. The summed E-state index contributed by atoms with van der Waals surface area (Å²) in [4.78, 5) is 10.6. The van der Waals surface area contributed by atoms with Crippen LogP contribution in [0, 0.1) is 0 Å². The van der Waals surface area contributed by atoms with Crippen molar-refractivity contribution in [3.05, 3.63) is 0 Å². The van der Waals surface area contributed by atoms with Crippen molar-refractivity contribution in [2.24, 2.45) is 5.84 Å². The molecule has 0 aromatic heterocycles. The van der Waals surface area contributed by atoms with Crippen LogP contribution in [0.25, 0.3) is 0 Å². The van der Waals surface area contributed by atoms with E-state index in [2.05, 4.69) is 10.6 Å². The van der Waals surface area contributed by atoms with Crippen molar-refractivity contribution in [3.63, 3.8) is 0 Å². The van der Waals surface area contributed by atoms with Gasteiger partial charge in [0.25, 0.3) is 6.43 Å². The number of hydrazine groups is 1. The largest absolute Gasteiger partial charge is 0.464 e. The molecule has 0 heterocycles. The van der Waals surface area contributed by atoms with Gasteiger partial charge in [-0.1, -0.05) is 0 Å². The maximum Gasteiger partial charge on any atom is 0.342 e. The minimum absolute atomic E-state index is 0. The predicted octanol–water partition coefficient (Wildman–Crippen LogP) is 0.406. The Morgan fingerprint density at radius 3 is 2.29 bits per heavy atom. The Morgan fingerprint density at radius 1 is 1.50 bits per heavy atom. The first-order chi connectivity index (χ1) is 6.04. The fourth-order valence-electron chi connectivity index (χ4n) is 0.653. The van der Waals surface area contributed by atoms with E-state index in [1.165, 1.54) is 12.3 Å². The third kappa shape index (κ3) is 4.64. The predicted molar refractivity (Wildman–Crippen MR) is 45.9 cm³/mol. The van der Waals surface area contributed by atoms with Crippen LogP contribution in [0.5, 0.6) is 0 Å². The van der Waals surface area contributed by atoms with Crippen molar-refractivity contribution in [2.75, 3.05) is 6.61 Å². The fraction of sp³-hybridized carbons (Fsp3) is 0.833. The van der Waals surface area contributed by atoms with Gasteiger partial charge >= 0.3 is 5.97 Å². The zero-order chi connectivity index (χ0) is 10.4. The Bertz CT molecular complexity index is 173. The van der Waals surface area contributed by atoms with Crippen LogP contribution in [0.4, 0.5) is 13.2 Å². The molecular weight excluding hydrogens is 225 g/mol. The molecule has 0 fully saturated rings. The molecular formula is C6H12ClF3N2O2. The highest BCUT2D eigenvalue weighted by Crippen LogP contribution is 2.09. The molecule has 14 heavy (non-hydrogen) atoms. The molecule has 0 rings (SSSR count). The Hall–Kier alpha value is -0.530. The van der Waals surface area contributed by atoms with Crippen LogP contribution in [0.2, 0.25) is 0 Å². The molecule has 0 amide bonds. The number of alkyl halides is 3. The van der Waals surface area contributed by atoms with Gasteiger partial charge in [-0.15, -0.1) is 12.4 Å². The topological polar surface area (TPSA) is 64.3 Å². The number of esters is 1. The number of nitrogens with one attached hydrogen (secondary N) is 1. The standard InChI is InChI=1S/C6H11F3N2O2.ClH/c1-2-13-6(12)3(7)4(11-10)5(8)9;/h3-5,11H,2,10H2,1H3;1H. The van der Waals surface area contributed by atoms with Gasteiger partial charge in [-0.3, -0.25) is 5.84 Å². The van der Waals surface area contributed by atoms with Crippen LogP contribution in [0.1, 0.15) is 6.92 Å². The normalized spacial score (nSPS) is 14.4. The summed E-state index contributed by atoms with van der Waals surface area (Å²) in [5.41, 5.74) is 1.51. The molecule has 0 saturated carbocycles. The van der Waals surface area contributed by atoms with E-state index in [-0.39, 0.29) is 19.0 Å². The number of ether oxygens (including phenoxy) is 1. The molecule has 0 saturated heterocycles. The van der Waals surface area contributed by atoms with Gasteiger partial charge in [-0.25, -0.2) is 23.4 Å². The van der Waals surface area contributed by atoms with Crippen LogP contribution in [-0.4, -0.2) is 31.2 Å². The van der Waals surface area contributed by atoms with Crippen LogP contribution >= 0.6 is 12.4 Å². The molecule has 0 bridgehead atoms. The van der Waals surface area contributed by atoms with E-state index in [0.717, 1.165) is 0 Å². The van der Waals surface area contributed by atoms with Gasteiger partial charge in [-0.2, -0.15) is 0 Å². The highest BCUT2D eigenvalue weighted by molar-refractivity contribution is 5.85. The number of carbonyl (C=O) groups is 1. The average molecular weight is 237 g/mol. The zero-order valence-electron chi connectivity index (χ0n) is 7.38. The van der Waals surface area contributed by atoms with Crippen molar-refractivity contribution in [1.82, 2.24) is 5.43 Å². The van der Waals surface area contributed by atoms with E-state index in [1.807, 2.05) is 0 Å². The summed E-state index contributed by atoms with van der Waals surface area (Å²) in [6.45, 7) is 1.37. The summed E-state index contributed by atoms with van der Waals surface area (Å²) < 4.78 is 40.9. The van der Waals surface area contributed by atoms with Gasteiger partial charge in [0.05, 0.1) is 6.61 Å². The zero-order valence-corrected chi connectivity index (χ0v) is 8.19. The number of carbonyl (C=O) groups excluding carboxylic acids is 1. The second-order valence-electron chi connectivity index (χ2n) is 2.18. The molecule has 4 nitrogen and oxygen atoms in total. The first-order valence-electron chi connectivity index (χ1n) is 3.59. The lowest BCUT2D eigenvalue weighted by molar-refractivity contribution is -0.152. The van der Waals surface area contributed by atoms with Gasteiger partial charge in [-0.05, 0) is 6.92 Å². The van der Waals surface area contributed by atoms with Crippen LogP contribution in [0.15, 0.2) is 0 Å². The lowest BCUT2D eigenvalue weighted by atomic mass is 10.2. The summed E-state index contributed by atoms with van der Waals surface area (Å²) in [6.07, 6.45) is -5.52. The van der Waals surface area contributed by atoms with Gasteiger partial charge in [0, 0.05) is 0 Å². The first-order valence-corrected chi connectivity index (χ1v) is 3.59. The average Bonchev–Trinajstić information content (AvgIpc) is 2.05. The maximum absolute atomic E-state index is 12.8. The Morgan fingerprint density at radius 2 is 2.00 bits per heavy atom. The number of halogens is 4. The molecule has 8 heteroatoms. The van der Waals surface area contributed by atoms with Gasteiger partial charge in [0.2, 0.25) is 6.17 Å². The van der Waals surface area contributed by atoms with Crippen molar-refractivity contribution in [2.45, 2.75) is 25.6 Å². The number of rotatable bonds is 5. The molecule has 0 aromatic rings. The smallest absolute Gasteiger partial charge is 0.342 e. The summed E-state index contributed by atoms with van der Waals surface area (Å²) in [6, 6.07) is -2.03. The molecule has 86 valence electrons. The summed E-state index contributed by atoms with van der Waals surface area (Å²) in [5.74, 6) is 3.29. The van der Waals surface area contributed by atoms with Crippen LogP contribution < -0.4 is 11.3 Å². The van der Waals surface area contributed by atoms with Crippen molar-refractivity contribution >= 4 is 18.4 Å². The Kier molecular flexibility index (Phi) is 8.91. The molecule has 0 aromatic carbocycles. The Labute approximate surface area is 85.3 Å². The minimum Gasteiger partial charge on any atom is -0.464 e. The summed E-state index contributed by atoms with van der Waals surface area (Å²) >= 11 is 0. The van der Waals surface area contributed by atoms with Gasteiger partial charge in [0.15, 0.2) is 0 Å². The fourth-order valence-corrected chi connectivity index (χ4v) is 0.653. The number of nitrogens with two attached hydrogens (primary N) is 1. The van der Waals surface area contributed by atoms with E-state index in [1.54, 1.807) is 0 Å². The highest BCUT2D eigenvalue weighted by Gasteiger charge is 2.35. The van der Waals surface area contributed by atoms with Crippen LogP contribution in [-0.2, 0) is 9.53 Å². The molecule has 2 unspecified atom stereocenters. The van der Waals surface area contributed by atoms with Gasteiger partial charge < -0.3 is 4.74 Å². The highest BCUT2D eigenvalue weighted by atomic mass is 35.5. The van der Waals surface area contributed by atoms with Gasteiger partial charge in [0.1, 0.15) is 6.04 Å². The van der Waals surface area contributed by atoms with Crippen LogP contribution in [0.3, 0.4) is 0 Å². The Balaban J connectivity index is 0. The molecule has 0 spiro atoms. The molecule has 0 radical (unpaired) electrons. The number of hydrogen-bond acceptors (Lipinski definition) is 4. The third-order valence-electron chi connectivity index (χ3n) is 1.29. The quantitative estimate of drug-likeness (QED) is 0.412. The van der Waals surface area contributed by atoms with Crippen molar-refractivity contribution in [3.8, 4) is 0 Å². The monoisotopic (exact) mass is 236 g/mol. The SMILES string of the molecule is CCOC(=O)C(F)C(NN)C(F)F.Cl. The van der Waals surface area contributed by atoms with Crippen molar-refractivity contribution in [1.29, 1.82) is 0 Å². The lowest BCUT2D eigenvalue weighted by Crippen LogP contribution is -2.50. The molecule has 0 aliphatic heterocycles. The summed E-state index contributed by atoms with van der Waals surface area (Å²) in [5, 5.41) is 0. The molecule has 0 aliphatic rings. The summed E-state index contributed by atoms with van der Waals surface area (Å²) in [7, 11) is 0. The third-order valence-corrected chi connectivity index (χ3v) is 1.29. The molecule has 2 atom stereocenters. The maximum atomic E-state index is 12.8. The second kappa shape index (κ2) is 7.84. The molecule has 0 aliphatic carbocycles. The van der Waals surface area contributed by atoms with E-state index in [9.17, 15) is 18.0 Å². The van der Waals surface area contributed by atoms with E-state index in [0.29, 0.717) is 0 Å².